The molecule has 0 radical (unpaired) electrons. The Balaban J connectivity index is 1.49. The number of carbonyl (C=O) groups excluding carboxylic acids is 1. The van der Waals surface area contributed by atoms with E-state index in [0.29, 0.717) is 21.9 Å². The van der Waals surface area contributed by atoms with Crippen molar-refractivity contribution in [1.29, 1.82) is 0 Å². The number of aliphatic hydroxyl groups is 1. The van der Waals surface area contributed by atoms with Crippen LogP contribution in [0.4, 0.5) is 26.3 Å². The molecule has 228 valence electrons. The van der Waals surface area contributed by atoms with Crippen molar-refractivity contribution in [2.45, 2.75) is 32.1 Å². The number of rotatable bonds is 6. The van der Waals surface area contributed by atoms with E-state index in [0.717, 1.165) is 12.3 Å². The van der Waals surface area contributed by atoms with Crippen LogP contribution in [-0.4, -0.2) is 74.8 Å². The monoisotopic (exact) mass is 607 g/mol. The van der Waals surface area contributed by atoms with Crippen molar-refractivity contribution in [2.75, 3.05) is 33.4 Å². The summed E-state index contributed by atoms with van der Waals surface area (Å²) in [6.45, 7) is 2.47. The number of piperazine rings is 1. The summed E-state index contributed by atoms with van der Waals surface area (Å²) < 4.78 is 90.8. The fourth-order valence-electron chi connectivity index (χ4n) is 5.54. The summed E-state index contributed by atoms with van der Waals surface area (Å²) in [6, 6.07) is 5.84. The number of aromatic nitrogens is 3. The predicted molar refractivity (Wildman–Crippen MR) is 143 cm³/mol. The van der Waals surface area contributed by atoms with Crippen LogP contribution in [0.1, 0.15) is 40.1 Å². The molecule has 2 aromatic carbocycles. The van der Waals surface area contributed by atoms with Gasteiger partial charge in [-0.25, -0.2) is 22.7 Å². The summed E-state index contributed by atoms with van der Waals surface area (Å²) in [7, 11) is 1.46. The Hall–Kier alpha value is -4.17. The number of alkyl halides is 3. The first kappa shape index (κ1) is 30.3. The predicted octanol–water partition coefficient (Wildman–Crippen LogP) is 5.03. The fourth-order valence-corrected chi connectivity index (χ4v) is 5.54. The lowest BCUT2D eigenvalue weighted by molar-refractivity contribution is -0.143. The van der Waals surface area contributed by atoms with E-state index in [1.54, 1.807) is 36.1 Å². The van der Waals surface area contributed by atoms with Crippen molar-refractivity contribution in [3.05, 3.63) is 82.4 Å². The second-order valence-electron chi connectivity index (χ2n) is 10.3. The van der Waals surface area contributed by atoms with Crippen molar-refractivity contribution in [1.82, 2.24) is 24.4 Å². The van der Waals surface area contributed by atoms with Crippen LogP contribution in [0.3, 0.4) is 0 Å². The minimum absolute atomic E-state index is 0.0186. The van der Waals surface area contributed by atoms with Gasteiger partial charge in [0.15, 0.2) is 23.0 Å². The lowest BCUT2D eigenvalue weighted by Crippen LogP contribution is -2.55. The average molecular weight is 608 g/mol. The molecule has 2 atom stereocenters. The number of ether oxygens (including phenoxy) is 1. The van der Waals surface area contributed by atoms with Crippen LogP contribution in [0.25, 0.3) is 16.9 Å². The SMILES string of the molecule is COc1ccc(-c2nc3c(C(=O)N4CCN([C@H](CO)c5cc(F)cc(F)c5F)C[C@H]4C)cnn3c(C(F)(F)F)c2C)cc1. The van der Waals surface area contributed by atoms with E-state index < -0.39 is 53.9 Å². The molecule has 14 heteroatoms. The van der Waals surface area contributed by atoms with Gasteiger partial charge < -0.3 is 14.7 Å². The largest absolute Gasteiger partial charge is 0.497 e. The molecule has 4 aromatic rings. The van der Waals surface area contributed by atoms with Crippen molar-refractivity contribution in [3.63, 3.8) is 0 Å². The van der Waals surface area contributed by atoms with Crippen LogP contribution in [0.15, 0.2) is 42.6 Å². The normalized spacial score (nSPS) is 17.0. The minimum Gasteiger partial charge on any atom is -0.497 e. The van der Waals surface area contributed by atoms with E-state index >= 15 is 0 Å². The van der Waals surface area contributed by atoms with E-state index in [1.165, 1.54) is 18.9 Å². The molecule has 2 aromatic heterocycles. The maximum Gasteiger partial charge on any atom is 0.433 e. The van der Waals surface area contributed by atoms with E-state index in [-0.39, 0.29) is 47.7 Å². The lowest BCUT2D eigenvalue weighted by atomic mass is 10.0. The van der Waals surface area contributed by atoms with Crippen LogP contribution >= 0.6 is 0 Å². The molecule has 43 heavy (non-hydrogen) atoms. The third kappa shape index (κ3) is 5.52. The summed E-state index contributed by atoms with van der Waals surface area (Å²) >= 11 is 0. The number of methoxy groups -OCH3 is 1. The van der Waals surface area contributed by atoms with Crippen molar-refractivity contribution in [3.8, 4) is 17.0 Å². The fraction of sp³-hybridized carbons (Fsp3) is 0.345. The highest BCUT2D eigenvalue weighted by Gasteiger charge is 2.40. The zero-order valence-corrected chi connectivity index (χ0v) is 23.3. The van der Waals surface area contributed by atoms with E-state index in [2.05, 4.69) is 10.1 Å². The minimum atomic E-state index is -4.82. The first-order valence-electron chi connectivity index (χ1n) is 13.3. The van der Waals surface area contributed by atoms with E-state index in [4.69, 9.17) is 4.74 Å². The Morgan fingerprint density at radius 1 is 1.14 bits per heavy atom. The van der Waals surface area contributed by atoms with Gasteiger partial charge in [0.05, 0.1) is 31.6 Å². The highest BCUT2D eigenvalue weighted by Crippen LogP contribution is 2.37. The topological polar surface area (TPSA) is 83.2 Å². The Morgan fingerprint density at radius 3 is 2.44 bits per heavy atom. The van der Waals surface area contributed by atoms with E-state index in [9.17, 15) is 36.2 Å². The molecular weight excluding hydrogens is 580 g/mol. The second kappa shape index (κ2) is 11.5. The number of aliphatic hydroxyl groups excluding tert-OH is 1. The number of amides is 1. The molecule has 3 heterocycles. The van der Waals surface area contributed by atoms with Crippen LogP contribution in [0.5, 0.6) is 5.75 Å². The van der Waals surface area contributed by atoms with Crippen molar-refractivity contribution in [2.24, 2.45) is 0 Å². The number of hydrogen-bond acceptors (Lipinski definition) is 6. The highest BCUT2D eigenvalue weighted by atomic mass is 19.4. The van der Waals surface area contributed by atoms with Gasteiger partial charge in [0.1, 0.15) is 17.1 Å². The molecule has 1 aliphatic rings. The standard InChI is InChI=1S/C29H27F6N5O3/c1-15-13-38(23(14-41)20-10-18(30)11-22(31)24(20)32)8-9-39(15)28(42)21-12-36-40-26(29(33,34)35)16(2)25(37-27(21)40)17-4-6-19(43-3)7-5-17/h4-7,10-12,15,23,41H,8-9,13-14H2,1-3H3/t15-,23-/m1/s1. The molecular formula is C29H27F6N5O3. The Bertz CT molecular complexity index is 1670. The summed E-state index contributed by atoms with van der Waals surface area (Å²) in [5.41, 5.74) is -1.65. The third-order valence-electron chi connectivity index (χ3n) is 7.66. The number of benzene rings is 2. The number of nitrogens with zero attached hydrogens (tertiary/aromatic N) is 5. The van der Waals surface area contributed by atoms with Gasteiger partial charge in [-0.3, -0.25) is 9.69 Å². The Labute approximate surface area is 242 Å². The first-order chi connectivity index (χ1) is 20.3. The molecule has 0 aliphatic carbocycles. The van der Waals surface area contributed by atoms with Gasteiger partial charge in [-0.2, -0.15) is 18.3 Å². The van der Waals surface area contributed by atoms with Gasteiger partial charge >= 0.3 is 6.18 Å². The van der Waals surface area contributed by atoms with Gasteiger partial charge in [-0.15, -0.1) is 0 Å². The number of halogens is 6. The Morgan fingerprint density at radius 2 is 1.84 bits per heavy atom. The molecule has 0 saturated carbocycles. The van der Waals surface area contributed by atoms with Crippen molar-refractivity contribution < 1.29 is 41.0 Å². The molecule has 8 nitrogen and oxygen atoms in total. The molecule has 1 saturated heterocycles. The summed E-state index contributed by atoms with van der Waals surface area (Å²) in [4.78, 5) is 21.2. The van der Waals surface area contributed by atoms with Gasteiger partial charge in [-0.1, -0.05) is 0 Å². The summed E-state index contributed by atoms with van der Waals surface area (Å²) in [6.07, 6.45) is -3.78. The van der Waals surface area contributed by atoms with Gasteiger partial charge in [0, 0.05) is 48.4 Å². The second-order valence-corrected chi connectivity index (χ2v) is 10.3. The van der Waals surface area contributed by atoms with Crippen molar-refractivity contribution >= 4 is 11.6 Å². The first-order valence-corrected chi connectivity index (χ1v) is 13.3. The Kier molecular flexibility index (Phi) is 8.09. The average Bonchev–Trinajstić information content (AvgIpc) is 3.37. The number of carbonyl (C=O) groups is 1. The van der Waals surface area contributed by atoms with E-state index in [1.807, 2.05) is 0 Å². The molecule has 1 N–H and O–H groups in total. The smallest absolute Gasteiger partial charge is 0.433 e. The number of hydrogen-bond donors (Lipinski definition) is 1. The van der Waals surface area contributed by atoms with Crippen LogP contribution in [0, 0.1) is 24.4 Å². The molecule has 1 fully saturated rings. The van der Waals surface area contributed by atoms with Gasteiger partial charge in [0.2, 0.25) is 0 Å². The van der Waals surface area contributed by atoms with Crippen LogP contribution in [0.2, 0.25) is 0 Å². The summed E-state index contributed by atoms with van der Waals surface area (Å²) in [5, 5.41) is 13.9. The maximum atomic E-state index is 14.5. The lowest BCUT2D eigenvalue weighted by Gasteiger charge is -2.43. The van der Waals surface area contributed by atoms with Crippen LogP contribution < -0.4 is 4.74 Å². The molecule has 1 aliphatic heterocycles. The zero-order chi connectivity index (χ0) is 31.2. The zero-order valence-electron chi connectivity index (χ0n) is 23.3. The molecule has 0 spiro atoms. The number of fused-ring (bicyclic) bond motifs is 1. The maximum absolute atomic E-state index is 14.5. The van der Waals surface area contributed by atoms with Crippen LogP contribution in [-0.2, 0) is 6.18 Å². The highest BCUT2D eigenvalue weighted by molar-refractivity contribution is 6.00. The molecule has 0 unspecified atom stereocenters. The third-order valence-corrected chi connectivity index (χ3v) is 7.66. The summed E-state index contributed by atoms with van der Waals surface area (Å²) in [5.74, 6) is -3.81. The van der Waals surface area contributed by atoms with Gasteiger partial charge in [-0.05, 0) is 44.2 Å². The molecule has 5 rings (SSSR count). The molecule has 1 amide bonds. The molecule has 0 bridgehead atoms. The quantitative estimate of drug-likeness (QED) is 0.245. The van der Waals surface area contributed by atoms with Gasteiger partial charge in [0.25, 0.3) is 5.91 Å².